The Morgan fingerprint density at radius 3 is 2.73 bits per heavy atom. The number of phenolic OH excluding ortho intramolecular Hbond substituents is 1. The Labute approximate surface area is 135 Å². The molecule has 118 valence electrons. The van der Waals surface area contributed by atoms with Crippen molar-refractivity contribution >= 4 is 11.6 Å². The lowest BCUT2D eigenvalue weighted by atomic mass is 10.1. The molecule has 3 N–H and O–H groups in total. The van der Waals surface area contributed by atoms with Crippen LogP contribution < -0.4 is 10.1 Å². The number of aliphatic hydroxyl groups is 1. The zero-order valence-electron chi connectivity index (χ0n) is 12.4. The number of rotatable bonds is 7. The molecule has 0 amide bonds. The van der Waals surface area contributed by atoms with Crippen LogP contribution in [0.4, 0.5) is 0 Å². The molecule has 2 aromatic carbocycles. The molecule has 22 heavy (non-hydrogen) atoms. The zero-order chi connectivity index (χ0) is 15.9. The molecule has 0 heterocycles. The highest BCUT2D eigenvalue weighted by Crippen LogP contribution is 2.24. The van der Waals surface area contributed by atoms with Gasteiger partial charge in [0.2, 0.25) is 0 Å². The number of ether oxygens (including phenoxy) is 1. The van der Waals surface area contributed by atoms with Gasteiger partial charge in [-0.2, -0.15) is 0 Å². The van der Waals surface area contributed by atoms with Gasteiger partial charge in [0, 0.05) is 29.2 Å². The third kappa shape index (κ3) is 4.37. The fraction of sp³-hybridized carbons (Fsp3) is 0.294. The average Bonchev–Trinajstić information content (AvgIpc) is 2.51. The van der Waals surface area contributed by atoms with E-state index in [4.69, 9.17) is 16.3 Å². The predicted molar refractivity (Wildman–Crippen MR) is 87.4 cm³/mol. The Hall–Kier alpha value is -1.75. The van der Waals surface area contributed by atoms with Gasteiger partial charge in [-0.1, -0.05) is 29.8 Å². The SMILES string of the molecule is CCOc1ccc(O)c(CNCC(O)c2ccccc2Cl)c1. The lowest BCUT2D eigenvalue weighted by molar-refractivity contribution is 0.174. The van der Waals surface area contributed by atoms with Crippen LogP contribution in [-0.2, 0) is 6.54 Å². The molecule has 4 nitrogen and oxygen atoms in total. The summed E-state index contributed by atoms with van der Waals surface area (Å²) in [6.07, 6.45) is -0.703. The molecule has 0 radical (unpaired) electrons. The molecule has 0 saturated heterocycles. The van der Waals surface area contributed by atoms with E-state index in [2.05, 4.69) is 5.32 Å². The lowest BCUT2D eigenvalue weighted by Gasteiger charge is -2.14. The number of nitrogens with one attached hydrogen (secondary N) is 1. The molecule has 0 saturated carbocycles. The highest BCUT2D eigenvalue weighted by molar-refractivity contribution is 6.31. The molecule has 0 fully saturated rings. The molecule has 1 unspecified atom stereocenters. The number of halogens is 1. The smallest absolute Gasteiger partial charge is 0.120 e. The minimum Gasteiger partial charge on any atom is -0.508 e. The van der Waals surface area contributed by atoms with Crippen molar-refractivity contribution in [2.45, 2.75) is 19.6 Å². The fourth-order valence-electron chi connectivity index (χ4n) is 2.16. The van der Waals surface area contributed by atoms with Crippen LogP contribution in [0, 0.1) is 0 Å². The van der Waals surface area contributed by atoms with Crippen molar-refractivity contribution in [1.29, 1.82) is 0 Å². The van der Waals surface area contributed by atoms with Crippen LogP contribution in [0.25, 0.3) is 0 Å². The van der Waals surface area contributed by atoms with E-state index in [0.29, 0.717) is 36.0 Å². The summed E-state index contributed by atoms with van der Waals surface area (Å²) in [5.74, 6) is 0.909. The summed E-state index contributed by atoms with van der Waals surface area (Å²) < 4.78 is 5.41. The zero-order valence-corrected chi connectivity index (χ0v) is 13.2. The Morgan fingerprint density at radius 2 is 2.00 bits per heavy atom. The van der Waals surface area contributed by atoms with Gasteiger partial charge >= 0.3 is 0 Å². The van der Waals surface area contributed by atoms with Gasteiger partial charge in [0.1, 0.15) is 11.5 Å². The summed E-state index contributed by atoms with van der Waals surface area (Å²) in [6.45, 7) is 3.24. The first kappa shape index (κ1) is 16.6. The van der Waals surface area contributed by atoms with Crippen molar-refractivity contribution in [2.75, 3.05) is 13.2 Å². The van der Waals surface area contributed by atoms with Crippen LogP contribution in [0.5, 0.6) is 11.5 Å². The molecule has 0 aliphatic carbocycles. The second-order valence-corrected chi connectivity index (χ2v) is 5.30. The molecule has 0 bridgehead atoms. The molecular formula is C17H20ClNO3. The Kier molecular flexibility index (Phi) is 6.07. The normalized spacial score (nSPS) is 12.1. The number of aliphatic hydroxyl groups excluding tert-OH is 1. The maximum Gasteiger partial charge on any atom is 0.120 e. The molecule has 0 spiro atoms. The minimum absolute atomic E-state index is 0.197. The largest absolute Gasteiger partial charge is 0.508 e. The summed E-state index contributed by atoms with van der Waals surface area (Å²) in [7, 11) is 0. The van der Waals surface area contributed by atoms with Crippen molar-refractivity contribution in [3.8, 4) is 11.5 Å². The van der Waals surface area contributed by atoms with E-state index in [1.807, 2.05) is 19.1 Å². The van der Waals surface area contributed by atoms with E-state index >= 15 is 0 Å². The topological polar surface area (TPSA) is 61.7 Å². The van der Waals surface area contributed by atoms with Gasteiger partial charge in [0.15, 0.2) is 0 Å². The molecule has 2 rings (SSSR count). The van der Waals surface area contributed by atoms with E-state index in [-0.39, 0.29) is 5.75 Å². The van der Waals surface area contributed by atoms with E-state index in [1.165, 1.54) is 0 Å². The van der Waals surface area contributed by atoms with E-state index < -0.39 is 6.10 Å². The van der Waals surface area contributed by atoms with E-state index in [1.54, 1.807) is 30.3 Å². The predicted octanol–water partition coefficient (Wildman–Crippen LogP) is 3.27. The highest BCUT2D eigenvalue weighted by Gasteiger charge is 2.11. The van der Waals surface area contributed by atoms with Gasteiger partial charge in [-0.05, 0) is 31.2 Å². The number of hydrogen-bond acceptors (Lipinski definition) is 4. The summed E-state index contributed by atoms with van der Waals surface area (Å²) in [5, 5.41) is 23.7. The molecular weight excluding hydrogens is 302 g/mol. The number of phenols is 1. The molecule has 0 aliphatic heterocycles. The summed E-state index contributed by atoms with van der Waals surface area (Å²) in [5.41, 5.74) is 1.40. The second-order valence-electron chi connectivity index (χ2n) is 4.89. The van der Waals surface area contributed by atoms with Crippen molar-refractivity contribution in [3.05, 3.63) is 58.6 Å². The van der Waals surface area contributed by atoms with Crippen molar-refractivity contribution in [1.82, 2.24) is 5.32 Å². The van der Waals surface area contributed by atoms with Crippen LogP contribution in [0.15, 0.2) is 42.5 Å². The number of hydrogen-bond donors (Lipinski definition) is 3. The van der Waals surface area contributed by atoms with Crippen LogP contribution in [0.3, 0.4) is 0 Å². The van der Waals surface area contributed by atoms with Gasteiger partial charge in [-0.25, -0.2) is 0 Å². The van der Waals surface area contributed by atoms with Gasteiger partial charge in [-0.15, -0.1) is 0 Å². The first-order valence-electron chi connectivity index (χ1n) is 7.19. The monoisotopic (exact) mass is 321 g/mol. The van der Waals surface area contributed by atoms with Crippen LogP contribution in [0.1, 0.15) is 24.2 Å². The number of aromatic hydroxyl groups is 1. The summed E-state index contributed by atoms with van der Waals surface area (Å²) in [6, 6.07) is 12.3. The Bertz CT molecular complexity index is 619. The van der Waals surface area contributed by atoms with Crippen LogP contribution in [-0.4, -0.2) is 23.4 Å². The van der Waals surface area contributed by atoms with Gasteiger partial charge < -0.3 is 20.3 Å². The Balaban J connectivity index is 1.93. The van der Waals surface area contributed by atoms with Crippen LogP contribution in [0.2, 0.25) is 5.02 Å². The van der Waals surface area contributed by atoms with Crippen molar-refractivity contribution < 1.29 is 14.9 Å². The quantitative estimate of drug-likeness (QED) is 0.732. The van der Waals surface area contributed by atoms with E-state index in [9.17, 15) is 10.2 Å². The Morgan fingerprint density at radius 1 is 1.23 bits per heavy atom. The highest BCUT2D eigenvalue weighted by atomic mass is 35.5. The second kappa shape index (κ2) is 8.03. The third-order valence-corrected chi connectivity index (χ3v) is 3.62. The van der Waals surface area contributed by atoms with E-state index in [0.717, 1.165) is 5.56 Å². The first-order valence-corrected chi connectivity index (χ1v) is 7.57. The molecule has 2 aromatic rings. The molecule has 1 atom stereocenters. The summed E-state index contributed by atoms with van der Waals surface area (Å²) in [4.78, 5) is 0. The van der Waals surface area contributed by atoms with Crippen LogP contribution >= 0.6 is 11.6 Å². The average molecular weight is 322 g/mol. The third-order valence-electron chi connectivity index (χ3n) is 3.28. The number of benzene rings is 2. The maximum absolute atomic E-state index is 10.2. The van der Waals surface area contributed by atoms with Gasteiger partial charge in [-0.3, -0.25) is 0 Å². The van der Waals surface area contributed by atoms with Gasteiger partial charge in [0.25, 0.3) is 0 Å². The van der Waals surface area contributed by atoms with Crippen molar-refractivity contribution in [2.24, 2.45) is 0 Å². The molecule has 5 heteroatoms. The minimum atomic E-state index is -0.703. The molecule has 0 aromatic heterocycles. The summed E-state index contributed by atoms with van der Waals surface area (Å²) >= 11 is 6.05. The standard InChI is InChI=1S/C17H20ClNO3/c1-2-22-13-7-8-16(20)12(9-13)10-19-11-17(21)14-5-3-4-6-15(14)18/h3-9,17,19-21H,2,10-11H2,1H3. The first-order chi connectivity index (χ1) is 10.6. The fourth-order valence-corrected chi connectivity index (χ4v) is 2.42. The maximum atomic E-state index is 10.2. The molecule has 0 aliphatic rings. The lowest BCUT2D eigenvalue weighted by Crippen LogP contribution is -2.21. The van der Waals surface area contributed by atoms with Crippen molar-refractivity contribution in [3.63, 3.8) is 0 Å². The van der Waals surface area contributed by atoms with Gasteiger partial charge in [0.05, 0.1) is 12.7 Å².